The van der Waals surface area contributed by atoms with E-state index in [1.165, 1.54) is 11.3 Å². The Hall–Kier alpha value is -3.69. The van der Waals surface area contributed by atoms with Crippen LogP contribution in [-0.4, -0.2) is 40.2 Å². The average Bonchev–Trinajstić information content (AvgIpc) is 3.20. The lowest BCUT2D eigenvalue weighted by molar-refractivity contribution is 0.100. The standard InChI is InChI=1S/C25H25N5O3S/c26-20-19-21(16-6-8-18(9-7-16)33-14-15-4-2-1-3-5-15)28-25(30-12-10-17(31)11-13-30)29-24(19)34-22(20)23(27)32/h1-9,17,31H,10-14,26H2,(H2,27,32). The van der Waals surface area contributed by atoms with Crippen molar-refractivity contribution in [2.75, 3.05) is 23.7 Å². The Bertz CT molecular complexity index is 1320. The van der Waals surface area contributed by atoms with Gasteiger partial charge in [-0.2, -0.15) is 0 Å². The molecule has 174 valence electrons. The number of hydrogen-bond acceptors (Lipinski definition) is 8. The lowest BCUT2D eigenvalue weighted by Crippen LogP contribution is -2.36. The average molecular weight is 476 g/mol. The first-order chi connectivity index (χ1) is 16.5. The van der Waals surface area contributed by atoms with Gasteiger partial charge in [0.15, 0.2) is 0 Å². The fourth-order valence-electron chi connectivity index (χ4n) is 4.06. The number of nitrogens with zero attached hydrogens (tertiary/aromatic N) is 3. The van der Waals surface area contributed by atoms with Crippen LogP contribution < -0.4 is 21.1 Å². The molecular formula is C25H25N5O3S. The molecule has 9 heteroatoms. The highest BCUT2D eigenvalue weighted by molar-refractivity contribution is 7.21. The molecule has 34 heavy (non-hydrogen) atoms. The van der Waals surface area contributed by atoms with Gasteiger partial charge in [-0.25, -0.2) is 9.97 Å². The number of aliphatic hydroxyl groups is 1. The number of aromatic nitrogens is 2. The first kappa shape index (κ1) is 22.1. The van der Waals surface area contributed by atoms with E-state index in [0.29, 0.717) is 60.1 Å². The molecule has 5 N–H and O–H groups in total. The van der Waals surface area contributed by atoms with Gasteiger partial charge in [-0.05, 0) is 42.7 Å². The SMILES string of the molecule is NC(=O)c1sc2nc(N3CCC(O)CC3)nc(-c3ccc(OCc4ccccc4)cc3)c2c1N. The number of amides is 1. The molecule has 0 spiro atoms. The van der Waals surface area contributed by atoms with Crippen LogP contribution in [-0.2, 0) is 6.61 Å². The van der Waals surface area contributed by atoms with Crippen molar-refractivity contribution in [1.82, 2.24) is 9.97 Å². The van der Waals surface area contributed by atoms with Gasteiger partial charge in [0.25, 0.3) is 5.91 Å². The number of anilines is 2. The molecule has 1 saturated heterocycles. The monoisotopic (exact) mass is 475 g/mol. The molecule has 1 aliphatic heterocycles. The lowest BCUT2D eigenvalue weighted by atomic mass is 10.1. The third-order valence-corrected chi connectivity index (χ3v) is 7.04. The number of carbonyl (C=O) groups excluding carboxylic acids is 1. The molecule has 0 aliphatic carbocycles. The molecule has 3 heterocycles. The number of primary amides is 1. The van der Waals surface area contributed by atoms with Crippen molar-refractivity contribution in [3.63, 3.8) is 0 Å². The zero-order valence-corrected chi connectivity index (χ0v) is 19.3. The van der Waals surface area contributed by atoms with E-state index >= 15 is 0 Å². The minimum Gasteiger partial charge on any atom is -0.489 e. The minimum atomic E-state index is -0.584. The van der Waals surface area contributed by atoms with Crippen LogP contribution in [0.4, 0.5) is 11.6 Å². The maximum atomic E-state index is 11.9. The number of ether oxygens (including phenoxy) is 1. The van der Waals surface area contributed by atoms with E-state index in [-0.39, 0.29) is 11.0 Å². The second-order valence-electron chi connectivity index (χ2n) is 8.28. The van der Waals surface area contributed by atoms with Gasteiger partial charge in [0.2, 0.25) is 5.95 Å². The maximum absolute atomic E-state index is 11.9. The summed E-state index contributed by atoms with van der Waals surface area (Å²) in [6, 6.07) is 17.6. The number of nitrogen functional groups attached to an aromatic ring is 1. The Labute approximate surface area is 200 Å². The van der Waals surface area contributed by atoms with Crippen molar-refractivity contribution in [2.45, 2.75) is 25.6 Å². The number of aliphatic hydroxyl groups excluding tert-OH is 1. The van der Waals surface area contributed by atoms with Crippen LogP contribution in [0.25, 0.3) is 21.5 Å². The summed E-state index contributed by atoms with van der Waals surface area (Å²) >= 11 is 1.18. The molecule has 1 fully saturated rings. The fourth-order valence-corrected chi connectivity index (χ4v) is 5.00. The Balaban J connectivity index is 1.51. The molecule has 1 aliphatic rings. The summed E-state index contributed by atoms with van der Waals surface area (Å²) in [5.74, 6) is 0.703. The van der Waals surface area contributed by atoms with E-state index in [2.05, 4.69) is 0 Å². The van der Waals surface area contributed by atoms with Gasteiger partial charge in [-0.3, -0.25) is 4.79 Å². The Morgan fingerprint density at radius 2 is 1.79 bits per heavy atom. The molecule has 5 rings (SSSR count). The Morgan fingerprint density at radius 3 is 2.47 bits per heavy atom. The van der Waals surface area contributed by atoms with Crippen LogP contribution in [0.3, 0.4) is 0 Å². The predicted molar refractivity (Wildman–Crippen MR) is 134 cm³/mol. The predicted octanol–water partition coefficient (Wildman–Crippen LogP) is 3.58. The maximum Gasteiger partial charge on any atom is 0.260 e. The molecule has 0 radical (unpaired) electrons. The molecule has 0 atom stereocenters. The third kappa shape index (κ3) is 4.40. The second-order valence-corrected chi connectivity index (χ2v) is 9.28. The Morgan fingerprint density at radius 1 is 1.09 bits per heavy atom. The summed E-state index contributed by atoms with van der Waals surface area (Å²) in [5.41, 5.74) is 14.7. The van der Waals surface area contributed by atoms with E-state index in [0.717, 1.165) is 16.9 Å². The fraction of sp³-hybridized carbons (Fsp3) is 0.240. The number of benzene rings is 2. The largest absolute Gasteiger partial charge is 0.489 e. The minimum absolute atomic E-state index is 0.277. The highest BCUT2D eigenvalue weighted by Gasteiger charge is 2.24. The topological polar surface area (TPSA) is 128 Å². The van der Waals surface area contributed by atoms with Crippen LogP contribution in [0.15, 0.2) is 54.6 Å². The molecule has 2 aromatic heterocycles. The summed E-state index contributed by atoms with van der Waals surface area (Å²) in [6.07, 6.45) is 1.01. The summed E-state index contributed by atoms with van der Waals surface area (Å²) in [6.45, 7) is 1.78. The van der Waals surface area contributed by atoms with Crippen molar-refractivity contribution >= 4 is 39.1 Å². The number of carbonyl (C=O) groups is 1. The van der Waals surface area contributed by atoms with Crippen LogP contribution in [0.5, 0.6) is 5.75 Å². The van der Waals surface area contributed by atoms with Crippen molar-refractivity contribution in [3.05, 3.63) is 65.0 Å². The molecule has 0 unspecified atom stereocenters. The molecule has 2 aromatic carbocycles. The van der Waals surface area contributed by atoms with Crippen LogP contribution in [0.2, 0.25) is 0 Å². The van der Waals surface area contributed by atoms with Gasteiger partial charge in [0, 0.05) is 18.7 Å². The van der Waals surface area contributed by atoms with Gasteiger partial charge >= 0.3 is 0 Å². The highest BCUT2D eigenvalue weighted by Crippen LogP contribution is 2.40. The van der Waals surface area contributed by atoms with Gasteiger partial charge < -0.3 is 26.2 Å². The number of nitrogens with two attached hydrogens (primary N) is 2. The van der Waals surface area contributed by atoms with Gasteiger partial charge in [-0.15, -0.1) is 11.3 Å². The smallest absolute Gasteiger partial charge is 0.260 e. The summed E-state index contributed by atoms with van der Waals surface area (Å²) in [5, 5.41) is 10.5. The van der Waals surface area contributed by atoms with E-state index in [1.807, 2.05) is 59.5 Å². The van der Waals surface area contributed by atoms with E-state index < -0.39 is 5.91 Å². The van der Waals surface area contributed by atoms with Gasteiger partial charge in [-0.1, -0.05) is 30.3 Å². The Kier molecular flexibility index (Phi) is 6.04. The normalized spacial score (nSPS) is 14.4. The number of piperidine rings is 1. The number of thiophene rings is 1. The lowest BCUT2D eigenvalue weighted by Gasteiger charge is -2.29. The summed E-state index contributed by atoms with van der Waals surface area (Å²) < 4.78 is 5.91. The van der Waals surface area contributed by atoms with E-state index in [4.69, 9.17) is 26.2 Å². The first-order valence-corrected chi connectivity index (χ1v) is 11.9. The van der Waals surface area contributed by atoms with Crippen LogP contribution in [0, 0.1) is 0 Å². The quantitative estimate of drug-likeness (QED) is 0.389. The molecule has 0 saturated carbocycles. The first-order valence-electron chi connectivity index (χ1n) is 11.1. The number of hydrogen-bond donors (Lipinski definition) is 3. The summed E-state index contributed by atoms with van der Waals surface area (Å²) in [7, 11) is 0. The molecule has 1 amide bonds. The van der Waals surface area contributed by atoms with E-state index in [1.54, 1.807) is 0 Å². The molecular weight excluding hydrogens is 450 g/mol. The van der Waals surface area contributed by atoms with Gasteiger partial charge in [0.05, 0.1) is 22.9 Å². The van der Waals surface area contributed by atoms with Gasteiger partial charge in [0.1, 0.15) is 22.1 Å². The van der Waals surface area contributed by atoms with Crippen LogP contribution in [0.1, 0.15) is 28.1 Å². The summed E-state index contributed by atoms with van der Waals surface area (Å²) in [4.78, 5) is 24.4. The van der Waals surface area contributed by atoms with Crippen molar-refractivity contribution in [3.8, 4) is 17.0 Å². The highest BCUT2D eigenvalue weighted by atomic mass is 32.1. The van der Waals surface area contributed by atoms with Crippen molar-refractivity contribution in [2.24, 2.45) is 5.73 Å². The number of rotatable bonds is 6. The van der Waals surface area contributed by atoms with E-state index in [9.17, 15) is 9.90 Å². The second kappa shape index (κ2) is 9.28. The molecule has 0 bridgehead atoms. The van der Waals surface area contributed by atoms with Crippen molar-refractivity contribution < 1.29 is 14.6 Å². The third-order valence-electron chi connectivity index (χ3n) is 5.92. The number of fused-ring (bicyclic) bond motifs is 1. The van der Waals surface area contributed by atoms with Crippen LogP contribution >= 0.6 is 11.3 Å². The zero-order chi connectivity index (χ0) is 23.7. The molecule has 8 nitrogen and oxygen atoms in total. The zero-order valence-electron chi connectivity index (χ0n) is 18.5. The van der Waals surface area contributed by atoms with Crippen molar-refractivity contribution in [1.29, 1.82) is 0 Å². The molecule has 4 aromatic rings.